The average Bonchev–Trinajstić information content (AvgIpc) is 2.44. The third-order valence-corrected chi connectivity index (χ3v) is 2.93. The van der Waals surface area contributed by atoms with Gasteiger partial charge < -0.3 is 5.32 Å². The van der Waals surface area contributed by atoms with E-state index < -0.39 is 0 Å². The Balaban J connectivity index is 3.08. The minimum absolute atomic E-state index is 0.104. The molecule has 0 fully saturated rings. The Morgan fingerprint density at radius 3 is 2.47 bits per heavy atom. The van der Waals surface area contributed by atoms with Crippen LogP contribution in [0.15, 0.2) is 47.9 Å². The molecule has 1 rings (SSSR count). The van der Waals surface area contributed by atoms with Crippen LogP contribution in [0.2, 0.25) is 0 Å². The second-order valence-electron chi connectivity index (χ2n) is 4.64. The Hall–Kier alpha value is -1.24. The maximum Gasteiger partial charge on any atom is 0.0374 e. The molecule has 15 heavy (non-hydrogen) atoms. The van der Waals surface area contributed by atoms with Gasteiger partial charge in [-0.15, -0.1) is 0 Å². The van der Waals surface area contributed by atoms with Crippen LogP contribution in [0, 0.1) is 5.41 Å². The highest BCUT2D eigenvalue weighted by atomic mass is 14.9. The van der Waals surface area contributed by atoms with Gasteiger partial charge in [-0.2, -0.15) is 0 Å². The standard InChI is InChI=1S/C14H21N/c1-7-14(6)9-12(11(4)5)15-13(14)8-10(2)3/h8-9,15H,2,4,7H2,1,3,5-6H3/b13-8+. The molecule has 0 saturated heterocycles. The van der Waals surface area contributed by atoms with E-state index in [1.54, 1.807) is 0 Å². The second kappa shape index (κ2) is 4.09. The van der Waals surface area contributed by atoms with Gasteiger partial charge in [0.25, 0.3) is 0 Å². The Morgan fingerprint density at radius 2 is 2.07 bits per heavy atom. The summed E-state index contributed by atoms with van der Waals surface area (Å²) < 4.78 is 0. The average molecular weight is 203 g/mol. The summed E-state index contributed by atoms with van der Waals surface area (Å²) in [6.45, 7) is 16.4. The molecule has 0 amide bonds. The number of hydrogen-bond acceptors (Lipinski definition) is 1. The fourth-order valence-corrected chi connectivity index (χ4v) is 1.69. The van der Waals surface area contributed by atoms with Crippen LogP contribution in [0.1, 0.15) is 34.1 Å². The van der Waals surface area contributed by atoms with Crippen molar-refractivity contribution in [1.29, 1.82) is 0 Å². The van der Waals surface area contributed by atoms with Crippen LogP contribution < -0.4 is 5.32 Å². The smallest absolute Gasteiger partial charge is 0.0374 e. The minimum Gasteiger partial charge on any atom is -0.358 e. The summed E-state index contributed by atoms with van der Waals surface area (Å²) in [6, 6.07) is 0. The number of nitrogens with one attached hydrogen (secondary N) is 1. The zero-order valence-electron chi connectivity index (χ0n) is 10.3. The SMILES string of the molecule is C=C(C)/C=C1/NC(C(=C)C)=CC1(C)CC. The molecule has 1 heteroatoms. The van der Waals surface area contributed by atoms with Gasteiger partial charge in [0.15, 0.2) is 0 Å². The fraction of sp³-hybridized carbons (Fsp3) is 0.429. The van der Waals surface area contributed by atoms with Crippen molar-refractivity contribution in [3.05, 3.63) is 47.9 Å². The van der Waals surface area contributed by atoms with Crippen molar-refractivity contribution in [2.45, 2.75) is 34.1 Å². The monoisotopic (exact) mass is 203 g/mol. The summed E-state index contributed by atoms with van der Waals surface area (Å²) in [5, 5.41) is 3.43. The highest BCUT2D eigenvalue weighted by Gasteiger charge is 2.31. The van der Waals surface area contributed by atoms with E-state index in [1.807, 2.05) is 13.8 Å². The lowest BCUT2D eigenvalue weighted by atomic mass is 9.84. The molecule has 0 radical (unpaired) electrons. The number of hydrogen-bond donors (Lipinski definition) is 1. The molecular weight excluding hydrogens is 182 g/mol. The van der Waals surface area contributed by atoms with Gasteiger partial charge in [-0.1, -0.05) is 32.6 Å². The van der Waals surface area contributed by atoms with Crippen molar-refractivity contribution in [3.63, 3.8) is 0 Å². The summed E-state index contributed by atoms with van der Waals surface area (Å²) in [5.41, 5.74) is 4.64. The zero-order chi connectivity index (χ0) is 11.6. The molecule has 1 nitrogen and oxygen atoms in total. The van der Waals surface area contributed by atoms with Gasteiger partial charge in [0.1, 0.15) is 0 Å². The van der Waals surface area contributed by atoms with Gasteiger partial charge in [-0.05, 0) is 38.0 Å². The highest BCUT2D eigenvalue weighted by Crippen LogP contribution is 2.38. The van der Waals surface area contributed by atoms with Gasteiger partial charge in [0.05, 0.1) is 0 Å². The number of rotatable bonds is 3. The van der Waals surface area contributed by atoms with E-state index in [0.29, 0.717) is 0 Å². The Labute approximate surface area is 93.3 Å². The first-order valence-corrected chi connectivity index (χ1v) is 5.42. The summed E-state index contributed by atoms with van der Waals surface area (Å²) >= 11 is 0. The van der Waals surface area contributed by atoms with E-state index in [1.165, 1.54) is 5.70 Å². The number of allylic oxidation sites excluding steroid dienone is 4. The van der Waals surface area contributed by atoms with Gasteiger partial charge in [-0.25, -0.2) is 0 Å². The third-order valence-electron chi connectivity index (χ3n) is 2.93. The zero-order valence-corrected chi connectivity index (χ0v) is 10.3. The maximum absolute atomic E-state index is 3.97. The lowest BCUT2D eigenvalue weighted by Crippen LogP contribution is -2.18. The van der Waals surface area contributed by atoms with Crippen LogP contribution >= 0.6 is 0 Å². The third kappa shape index (κ3) is 2.41. The molecule has 1 aliphatic heterocycles. The predicted molar refractivity (Wildman–Crippen MR) is 67.3 cm³/mol. The molecule has 1 N–H and O–H groups in total. The van der Waals surface area contributed by atoms with Crippen molar-refractivity contribution >= 4 is 0 Å². The topological polar surface area (TPSA) is 12.0 Å². The molecule has 0 aromatic rings. The first kappa shape index (κ1) is 11.8. The maximum atomic E-state index is 3.97. The molecule has 0 bridgehead atoms. The van der Waals surface area contributed by atoms with E-state index in [4.69, 9.17) is 0 Å². The van der Waals surface area contributed by atoms with Crippen molar-refractivity contribution in [3.8, 4) is 0 Å². The molecule has 0 saturated carbocycles. The molecule has 0 aliphatic carbocycles. The van der Waals surface area contributed by atoms with Crippen LogP contribution in [0.5, 0.6) is 0 Å². The molecule has 1 aliphatic rings. The summed E-state index contributed by atoms with van der Waals surface area (Å²) in [6.07, 6.45) is 5.47. The quantitative estimate of drug-likeness (QED) is 0.733. The van der Waals surface area contributed by atoms with Gasteiger partial charge in [0.2, 0.25) is 0 Å². The summed E-state index contributed by atoms with van der Waals surface area (Å²) in [7, 11) is 0. The lowest BCUT2D eigenvalue weighted by molar-refractivity contribution is 0.495. The van der Waals surface area contributed by atoms with Crippen LogP contribution in [-0.2, 0) is 0 Å². The van der Waals surface area contributed by atoms with E-state index in [2.05, 4.69) is 44.5 Å². The lowest BCUT2D eigenvalue weighted by Gasteiger charge is -2.22. The van der Waals surface area contributed by atoms with Crippen LogP contribution in [0.3, 0.4) is 0 Å². The largest absolute Gasteiger partial charge is 0.358 e. The molecule has 0 aromatic carbocycles. The van der Waals surface area contributed by atoms with E-state index >= 15 is 0 Å². The van der Waals surface area contributed by atoms with Crippen molar-refractivity contribution in [2.24, 2.45) is 5.41 Å². The van der Waals surface area contributed by atoms with E-state index in [0.717, 1.165) is 23.3 Å². The first-order valence-electron chi connectivity index (χ1n) is 5.42. The van der Waals surface area contributed by atoms with Crippen molar-refractivity contribution in [2.75, 3.05) is 0 Å². The molecule has 82 valence electrons. The second-order valence-corrected chi connectivity index (χ2v) is 4.64. The molecule has 0 aromatic heterocycles. The summed E-state index contributed by atoms with van der Waals surface area (Å²) in [4.78, 5) is 0. The van der Waals surface area contributed by atoms with Crippen molar-refractivity contribution < 1.29 is 0 Å². The fourth-order valence-electron chi connectivity index (χ4n) is 1.69. The minimum atomic E-state index is 0.104. The van der Waals surface area contributed by atoms with Crippen LogP contribution in [0.4, 0.5) is 0 Å². The van der Waals surface area contributed by atoms with Crippen LogP contribution in [0.25, 0.3) is 0 Å². The predicted octanol–water partition coefficient (Wildman–Crippen LogP) is 3.93. The Morgan fingerprint density at radius 1 is 1.47 bits per heavy atom. The van der Waals surface area contributed by atoms with Gasteiger partial charge in [0, 0.05) is 16.8 Å². The van der Waals surface area contributed by atoms with Gasteiger partial charge >= 0.3 is 0 Å². The summed E-state index contributed by atoms with van der Waals surface area (Å²) in [5.74, 6) is 0. The van der Waals surface area contributed by atoms with E-state index in [9.17, 15) is 0 Å². The van der Waals surface area contributed by atoms with Crippen molar-refractivity contribution in [1.82, 2.24) is 5.32 Å². The van der Waals surface area contributed by atoms with Crippen LogP contribution in [-0.4, -0.2) is 0 Å². The molecule has 1 heterocycles. The Kier molecular flexibility index (Phi) is 3.23. The molecule has 0 spiro atoms. The van der Waals surface area contributed by atoms with Gasteiger partial charge in [-0.3, -0.25) is 0 Å². The van der Waals surface area contributed by atoms with E-state index in [-0.39, 0.29) is 5.41 Å². The molecular formula is C14H21N. The first-order chi connectivity index (χ1) is 6.89. The highest BCUT2D eigenvalue weighted by molar-refractivity contribution is 5.42. The molecule has 1 atom stereocenters. The Bertz CT molecular complexity index is 358. The molecule has 1 unspecified atom stereocenters. The normalized spacial score (nSPS) is 27.5.